The number of benzene rings is 1. The molecular weight excluding hydrogens is 329 g/mol. The molecule has 0 fully saturated rings. The minimum absolute atomic E-state index is 0.0783. The van der Waals surface area contributed by atoms with Gasteiger partial charge in [-0.3, -0.25) is 0 Å². The standard InChI is InChI=1S/C11H5ClFNO2S3/c12-19(15,16)10-3-6(5-17-10)11-14-8-2-1-7(13)4-9(8)18-11/h1-5H. The monoisotopic (exact) mass is 333 g/mol. The third kappa shape index (κ3) is 2.51. The summed E-state index contributed by atoms with van der Waals surface area (Å²) in [6.45, 7) is 0. The molecule has 0 spiro atoms. The number of thiazole rings is 1. The first kappa shape index (κ1) is 13.0. The molecule has 0 radical (unpaired) electrons. The lowest BCUT2D eigenvalue weighted by Gasteiger charge is -1.87. The lowest BCUT2D eigenvalue weighted by molar-refractivity contribution is 0.611. The Morgan fingerprint density at radius 2 is 2.05 bits per heavy atom. The lowest BCUT2D eigenvalue weighted by Crippen LogP contribution is -1.83. The predicted molar refractivity (Wildman–Crippen MR) is 75.9 cm³/mol. The van der Waals surface area contributed by atoms with Crippen molar-refractivity contribution >= 4 is 52.6 Å². The molecule has 1 aromatic carbocycles. The Labute approximate surface area is 120 Å². The van der Waals surface area contributed by atoms with Gasteiger partial charge in [0, 0.05) is 21.6 Å². The number of thiophene rings is 1. The minimum atomic E-state index is -3.72. The molecule has 0 amide bonds. The highest BCUT2D eigenvalue weighted by molar-refractivity contribution is 8.15. The van der Waals surface area contributed by atoms with Gasteiger partial charge < -0.3 is 0 Å². The second kappa shape index (κ2) is 4.52. The average Bonchev–Trinajstić information content (AvgIpc) is 2.92. The molecule has 0 unspecified atom stereocenters. The summed E-state index contributed by atoms with van der Waals surface area (Å²) in [5, 5.41) is 2.31. The number of rotatable bonds is 2. The molecule has 8 heteroatoms. The topological polar surface area (TPSA) is 47.0 Å². The summed E-state index contributed by atoms with van der Waals surface area (Å²) in [6.07, 6.45) is 0. The van der Waals surface area contributed by atoms with E-state index in [1.54, 1.807) is 11.4 Å². The van der Waals surface area contributed by atoms with E-state index in [4.69, 9.17) is 10.7 Å². The van der Waals surface area contributed by atoms with Crippen molar-refractivity contribution in [3.63, 3.8) is 0 Å². The quantitative estimate of drug-likeness (QED) is 0.663. The summed E-state index contributed by atoms with van der Waals surface area (Å²) in [5.74, 6) is -0.322. The molecule has 0 bridgehead atoms. The van der Waals surface area contributed by atoms with Crippen LogP contribution in [-0.4, -0.2) is 13.4 Å². The average molecular weight is 334 g/mol. The smallest absolute Gasteiger partial charge is 0.236 e. The van der Waals surface area contributed by atoms with E-state index in [0.29, 0.717) is 16.1 Å². The Kier molecular flexibility index (Phi) is 3.09. The molecule has 0 saturated heterocycles. The van der Waals surface area contributed by atoms with Gasteiger partial charge in [-0.05, 0) is 24.3 Å². The second-order valence-electron chi connectivity index (χ2n) is 3.72. The highest BCUT2D eigenvalue weighted by Gasteiger charge is 2.15. The number of nitrogens with zero attached hydrogens (tertiary/aromatic N) is 1. The molecule has 98 valence electrons. The highest BCUT2D eigenvalue weighted by atomic mass is 35.7. The van der Waals surface area contributed by atoms with E-state index in [2.05, 4.69) is 4.98 Å². The second-order valence-corrected chi connectivity index (χ2v) is 8.46. The van der Waals surface area contributed by atoms with E-state index in [0.717, 1.165) is 16.0 Å². The van der Waals surface area contributed by atoms with Crippen LogP contribution >= 0.6 is 33.4 Å². The number of halogens is 2. The Morgan fingerprint density at radius 1 is 1.26 bits per heavy atom. The first-order valence-corrected chi connectivity index (χ1v) is 9.04. The van der Waals surface area contributed by atoms with Gasteiger partial charge in [0.1, 0.15) is 15.0 Å². The van der Waals surface area contributed by atoms with Gasteiger partial charge in [-0.25, -0.2) is 17.8 Å². The maximum absolute atomic E-state index is 13.1. The summed E-state index contributed by atoms with van der Waals surface area (Å²) in [5.41, 5.74) is 1.36. The fourth-order valence-corrected chi connectivity index (χ4v) is 4.58. The molecule has 0 N–H and O–H groups in total. The normalized spacial score (nSPS) is 12.1. The lowest BCUT2D eigenvalue weighted by atomic mass is 10.3. The molecule has 3 rings (SSSR count). The first-order chi connectivity index (χ1) is 8.93. The van der Waals surface area contributed by atoms with Crippen molar-refractivity contribution in [2.75, 3.05) is 0 Å². The Hall–Kier alpha value is -1.02. The molecule has 3 nitrogen and oxygen atoms in total. The SMILES string of the molecule is O=S(=O)(Cl)c1cc(-c2nc3ccc(F)cc3s2)cs1. The zero-order valence-electron chi connectivity index (χ0n) is 9.13. The zero-order valence-corrected chi connectivity index (χ0v) is 12.3. The van der Waals surface area contributed by atoms with Crippen molar-refractivity contribution in [2.24, 2.45) is 0 Å². The van der Waals surface area contributed by atoms with Gasteiger partial charge >= 0.3 is 0 Å². The number of hydrogen-bond donors (Lipinski definition) is 0. The summed E-state index contributed by atoms with van der Waals surface area (Å²) in [6, 6.07) is 5.81. The van der Waals surface area contributed by atoms with E-state index in [1.807, 2.05) is 0 Å². The van der Waals surface area contributed by atoms with Crippen molar-refractivity contribution in [2.45, 2.75) is 4.21 Å². The fraction of sp³-hybridized carbons (Fsp3) is 0. The van der Waals surface area contributed by atoms with Crippen molar-refractivity contribution in [1.82, 2.24) is 4.98 Å². The number of aromatic nitrogens is 1. The van der Waals surface area contributed by atoms with Crippen molar-refractivity contribution in [1.29, 1.82) is 0 Å². The van der Waals surface area contributed by atoms with Crippen LogP contribution in [0.15, 0.2) is 33.9 Å². The van der Waals surface area contributed by atoms with Crippen LogP contribution in [0.25, 0.3) is 20.8 Å². The van der Waals surface area contributed by atoms with Crippen LogP contribution in [0, 0.1) is 5.82 Å². The molecule has 3 aromatic rings. The molecule has 0 aliphatic carbocycles. The third-order valence-electron chi connectivity index (χ3n) is 2.41. The van der Waals surface area contributed by atoms with Gasteiger partial charge in [-0.15, -0.1) is 22.7 Å². The largest absolute Gasteiger partial charge is 0.270 e. The summed E-state index contributed by atoms with van der Waals surface area (Å²) < 4.78 is 36.3. The Balaban J connectivity index is 2.11. The van der Waals surface area contributed by atoms with Crippen LogP contribution < -0.4 is 0 Å². The van der Waals surface area contributed by atoms with Gasteiger partial charge in [0.15, 0.2) is 0 Å². The highest BCUT2D eigenvalue weighted by Crippen LogP contribution is 2.35. The van der Waals surface area contributed by atoms with E-state index in [-0.39, 0.29) is 10.0 Å². The molecular formula is C11H5ClFNO2S3. The van der Waals surface area contributed by atoms with Gasteiger partial charge in [-0.2, -0.15) is 0 Å². The maximum atomic E-state index is 13.1. The van der Waals surface area contributed by atoms with Crippen LogP contribution in [0.5, 0.6) is 0 Å². The van der Waals surface area contributed by atoms with Crippen LogP contribution in [0.1, 0.15) is 0 Å². The maximum Gasteiger partial charge on any atom is 0.270 e. The van der Waals surface area contributed by atoms with Gasteiger partial charge in [0.25, 0.3) is 9.05 Å². The molecule has 0 aliphatic rings. The summed E-state index contributed by atoms with van der Waals surface area (Å²) >= 11 is 2.34. The van der Waals surface area contributed by atoms with Crippen molar-refractivity contribution in [3.05, 3.63) is 35.5 Å². The van der Waals surface area contributed by atoms with Crippen LogP contribution in [0.2, 0.25) is 0 Å². The third-order valence-corrected chi connectivity index (χ3v) is 6.52. The zero-order chi connectivity index (χ0) is 13.6. The molecule has 0 atom stereocenters. The Morgan fingerprint density at radius 3 is 2.74 bits per heavy atom. The van der Waals surface area contributed by atoms with Crippen LogP contribution in [0.4, 0.5) is 4.39 Å². The van der Waals surface area contributed by atoms with E-state index < -0.39 is 9.05 Å². The Bertz CT molecular complexity index is 869. The number of hydrogen-bond acceptors (Lipinski definition) is 5. The first-order valence-electron chi connectivity index (χ1n) is 5.03. The predicted octanol–water partition coefficient (Wildman–Crippen LogP) is 4.09. The van der Waals surface area contributed by atoms with Crippen LogP contribution in [-0.2, 0) is 9.05 Å². The molecule has 0 aliphatic heterocycles. The van der Waals surface area contributed by atoms with Crippen molar-refractivity contribution < 1.29 is 12.8 Å². The van der Waals surface area contributed by atoms with E-state index in [1.165, 1.54) is 29.5 Å². The fourth-order valence-electron chi connectivity index (χ4n) is 1.58. The van der Waals surface area contributed by atoms with Crippen molar-refractivity contribution in [3.8, 4) is 10.6 Å². The van der Waals surface area contributed by atoms with Gasteiger partial charge in [0.2, 0.25) is 0 Å². The van der Waals surface area contributed by atoms with E-state index >= 15 is 0 Å². The summed E-state index contributed by atoms with van der Waals surface area (Å²) in [4.78, 5) is 4.34. The number of fused-ring (bicyclic) bond motifs is 1. The van der Waals surface area contributed by atoms with Crippen LogP contribution in [0.3, 0.4) is 0 Å². The van der Waals surface area contributed by atoms with E-state index in [9.17, 15) is 12.8 Å². The van der Waals surface area contributed by atoms with Gasteiger partial charge in [0.05, 0.1) is 10.2 Å². The molecule has 0 saturated carbocycles. The molecule has 2 heterocycles. The molecule has 19 heavy (non-hydrogen) atoms. The van der Waals surface area contributed by atoms with Gasteiger partial charge in [-0.1, -0.05) is 0 Å². The minimum Gasteiger partial charge on any atom is -0.236 e. The molecule has 2 aromatic heterocycles. The summed E-state index contributed by atoms with van der Waals surface area (Å²) in [7, 11) is 1.56.